The molecule has 0 spiro atoms. The Morgan fingerprint density at radius 2 is 2.00 bits per heavy atom. The number of nitrogens with two attached hydrogens (primary N) is 1. The summed E-state index contributed by atoms with van der Waals surface area (Å²) >= 11 is 0. The molecule has 1 aromatic carbocycles. The second kappa shape index (κ2) is 4.75. The molecule has 0 atom stereocenters. The molecule has 2 nitrogen and oxygen atoms in total. The van der Waals surface area contributed by atoms with E-state index in [0.717, 1.165) is 12.1 Å². The molecule has 2 N–H and O–H groups in total. The molecule has 0 unspecified atom stereocenters. The second-order valence-electron chi connectivity index (χ2n) is 3.94. The number of fused-ring (bicyclic) bond motifs is 1. The van der Waals surface area contributed by atoms with Gasteiger partial charge in [-0.2, -0.15) is 0 Å². The molecular weight excluding hydrogens is 195 g/mol. The Bertz CT molecular complexity index is 461. The van der Waals surface area contributed by atoms with Crippen molar-refractivity contribution >= 4 is 14.1 Å². The molecule has 0 bridgehead atoms. The first-order valence-electron chi connectivity index (χ1n) is 5.36. The van der Waals surface area contributed by atoms with Gasteiger partial charge in [0, 0.05) is 12.1 Å². The SMILES string of the molecule is BN1/C=C\C=C(\N)Cc2ccccc2/C=C\1. The van der Waals surface area contributed by atoms with E-state index >= 15 is 0 Å². The summed E-state index contributed by atoms with van der Waals surface area (Å²) in [5.74, 6) is 0. The first-order chi connectivity index (χ1) is 7.75. The summed E-state index contributed by atoms with van der Waals surface area (Å²) in [6.07, 6.45) is 10.9. The molecular formula is C13H15BN2. The van der Waals surface area contributed by atoms with E-state index in [0.29, 0.717) is 0 Å². The molecule has 0 aliphatic carbocycles. The number of nitrogens with zero attached hydrogens (tertiary/aromatic N) is 1. The first-order valence-corrected chi connectivity index (χ1v) is 5.36. The lowest BCUT2D eigenvalue weighted by Gasteiger charge is -2.11. The minimum absolute atomic E-state index is 0.800. The Morgan fingerprint density at radius 3 is 2.88 bits per heavy atom. The van der Waals surface area contributed by atoms with Gasteiger partial charge in [0.1, 0.15) is 0 Å². The van der Waals surface area contributed by atoms with E-state index in [9.17, 15) is 0 Å². The Kier molecular flexibility index (Phi) is 3.15. The number of hydrogen-bond donors (Lipinski definition) is 1. The third-order valence-electron chi connectivity index (χ3n) is 2.57. The maximum Gasteiger partial charge on any atom is 0.222 e. The minimum Gasteiger partial charge on any atom is -0.405 e. The number of hydrogen-bond acceptors (Lipinski definition) is 2. The van der Waals surface area contributed by atoms with Gasteiger partial charge in [0.2, 0.25) is 7.98 Å². The lowest BCUT2D eigenvalue weighted by atomic mass is 10.0. The summed E-state index contributed by atoms with van der Waals surface area (Å²) in [5.41, 5.74) is 9.32. The Morgan fingerprint density at radius 1 is 1.19 bits per heavy atom. The van der Waals surface area contributed by atoms with Crippen molar-refractivity contribution in [2.24, 2.45) is 5.73 Å². The fourth-order valence-electron chi connectivity index (χ4n) is 1.69. The fourth-order valence-corrected chi connectivity index (χ4v) is 1.69. The summed E-state index contributed by atoms with van der Waals surface area (Å²) in [5, 5.41) is 0. The quantitative estimate of drug-likeness (QED) is 0.656. The van der Waals surface area contributed by atoms with E-state index in [-0.39, 0.29) is 0 Å². The maximum absolute atomic E-state index is 5.95. The molecule has 2 rings (SSSR count). The average Bonchev–Trinajstić information content (AvgIpc) is 2.27. The lowest BCUT2D eigenvalue weighted by Crippen LogP contribution is -2.06. The van der Waals surface area contributed by atoms with E-state index in [1.807, 2.05) is 49.5 Å². The Labute approximate surface area is 97.2 Å². The van der Waals surface area contributed by atoms with Crippen molar-refractivity contribution < 1.29 is 0 Å². The number of allylic oxidation sites excluding steroid dienone is 3. The zero-order valence-corrected chi connectivity index (χ0v) is 9.43. The highest BCUT2D eigenvalue weighted by Gasteiger charge is 2.01. The summed E-state index contributed by atoms with van der Waals surface area (Å²) in [6, 6.07) is 8.32. The minimum atomic E-state index is 0.800. The van der Waals surface area contributed by atoms with Crippen LogP contribution in [-0.4, -0.2) is 12.8 Å². The molecule has 1 aromatic rings. The maximum atomic E-state index is 5.95. The van der Waals surface area contributed by atoms with Crippen molar-refractivity contribution in [2.75, 3.05) is 0 Å². The van der Waals surface area contributed by atoms with Gasteiger partial charge in [-0.25, -0.2) is 0 Å². The van der Waals surface area contributed by atoms with Gasteiger partial charge in [-0.15, -0.1) is 0 Å². The smallest absolute Gasteiger partial charge is 0.222 e. The van der Waals surface area contributed by atoms with Crippen LogP contribution in [0.3, 0.4) is 0 Å². The van der Waals surface area contributed by atoms with Crippen LogP contribution in [-0.2, 0) is 6.42 Å². The fraction of sp³-hybridized carbons (Fsp3) is 0.0769. The van der Waals surface area contributed by atoms with Crippen LogP contribution >= 0.6 is 0 Å². The number of benzene rings is 1. The van der Waals surface area contributed by atoms with Gasteiger partial charge in [0.05, 0.1) is 0 Å². The van der Waals surface area contributed by atoms with Crippen LogP contribution in [0.2, 0.25) is 0 Å². The highest BCUT2D eigenvalue weighted by Crippen LogP contribution is 2.14. The van der Waals surface area contributed by atoms with Gasteiger partial charge in [-0.3, -0.25) is 0 Å². The van der Waals surface area contributed by atoms with Crippen LogP contribution in [0.1, 0.15) is 11.1 Å². The van der Waals surface area contributed by atoms with E-state index in [2.05, 4.69) is 18.2 Å². The van der Waals surface area contributed by atoms with Crippen molar-refractivity contribution in [2.45, 2.75) is 6.42 Å². The molecule has 1 heterocycles. The third-order valence-corrected chi connectivity index (χ3v) is 2.57. The van der Waals surface area contributed by atoms with E-state index < -0.39 is 0 Å². The van der Waals surface area contributed by atoms with Crippen molar-refractivity contribution in [3.05, 3.63) is 65.6 Å². The zero-order chi connectivity index (χ0) is 11.4. The summed E-state index contributed by atoms with van der Waals surface area (Å²) in [7, 11) is 2.00. The summed E-state index contributed by atoms with van der Waals surface area (Å²) in [4.78, 5) is 2.01. The van der Waals surface area contributed by atoms with Gasteiger partial charge in [-0.1, -0.05) is 24.3 Å². The third kappa shape index (κ3) is 2.57. The van der Waals surface area contributed by atoms with Gasteiger partial charge >= 0.3 is 0 Å². The zero-order valence-electron chi connectivity index (χ0n) is 9.43. The number of rotatable bonds is 0. The lowest BCUT2D eigenvalue weighted by molar-refractivity contribution is 0.831. The van der Waals surface area contributed by atoms with Crippen molar-refractivity contribution in [1.82, 2.24) is 4.81 Å². The average molecular weight is 210 g/mol. The van der Waals surface area contributed by atoms with E-state index in [4.69, 9.17) is 5.73 Å². The first kappa shape index (κ1) is 10.6. The highest BCUT2D eigenvalue weighted by molar-refractivity contribution is 6.06. The molecule has 16 heavy (non-hydrogen) atoms. The van der Waals surface area contributed by atoms with Gasteiger partial charge < -0.3 is 10.5 Å². The van der Waals surface area contributed by atoms with Gasteiger partial charge in [0.25, 0.3) is 0 Å². The van der Waals surface area contributed by atoms with Crippen molar-refractivity contribution in [1.29, 1.82) is 0 Å². The van der Waals surface area contributed by atoms with Crippen molar-refractivity contribution in [3.8, 4) is 0 Å². The van der Waals surface area contributed by atoms with E-state index in [1.165, 1.54) is 11.1 Å². The molecule has 0 saturated carbocycles. The monoisotopic (exact) mass is 210 g/mol. The van der Waals surface area contributed by atoms with Crippen LogP contribution in [0.25, 0.3) is 6.08 Å². The van der Waals surface area contributed by atoms with Crippen LogP contribution in [0.5, 0.6) is 0 Å². The summed E-state index contributed by atoms with van der Waals surface area (Å²) < 4.78 is 0. The predicted molar refractivity (Wildman–Crippen MR) is 71.0 cm³/mol. The Hall–Kier alpha value is -1.90. The topological polar surface area (TPSA) is 29.3 Å². The second-order valence-corrected chi connectivity index (χ2v) is 3.94. The summed E-state index contributed by atoms with van der Waals surface area (Å²) in [6.45, 7) is 0. The molecule has 0 aromatic heterocycles. The molecule has 3 heteroatoms. The highest BCUT2D eigenvalue weighted by atomic mass is 15.0. The molecule has 0 amide bonds. The standard InChI is InChI=1S/C13H15BN2/c14-16-8-3-6-13(15)10-12-5-2-1-4-11(12)7-9-16/h1-9H,10,14-15H2/b8-3-,9-7-,13-6+. The van der Waals surface area contributed by atoms with Crippen LogP contribution < -0.4 is 5.73 Å². The molecule has 1 aliphatic heterocycles. The molecule has 0 saturated heterocycles. The van der Waals surface area contributed by atoms with Gasteiger partial charge in [-0.05, 0) is 41.8 Å². The normalized spacial score (nSPS) is 22.8. The van der Waals surface area contributed by atoms with Crippen LogP contribution in [0.15, 0.2) is 54.5 Å². The van der Waals surface area contributed by atoms with Crippen LogP contribution in [0, 0.1) is 0 Å². The largest absolute Gasteiger partial charge is 0.405 e. The Balaban J connectivity index is 2.42. The van der Waals surface area contributed by atoms with E-state index in [1.54, 1.807) is 0 Å². The predicted octanol–water partition coefficient (Wildman–Crippen LogP) is 1.42. The molecule has 80 valence electrons. The molecule has 0 fully saturated rings. The van der Waals surface area contributed by atoms with Gasteiger partial charge in [0.15, 0.2) is 0 Å². The molecule has 0 radical (unpaired) electrons. The van der Waals surface area contributed by atoms with Crippen molar-refractivity contribution in [3.63, 3.8) is 0 Å². The van der Waals surface area contributed by atoms with Crippen LogP contribution in [0.4, 0.5) is 0 Å². The molecule has 1 aliphatic rings.